The first kappa shape index (κ1) is 16.7. The molecule has 3 aromatic rings. The van der Waals surface area contributed by atoms with Gasteiger partial charge < -0.3 is 10.6 Å². The largest absolute Gasteiger partial charge is 0.334 e. The number of para-hydroxylation sites is 1. The Bertz CT molecular complexity index is 834. The van der Waals surface area contributed by atoms with Gasteiger partial charge in [0.2, 0.25) is 0 Å². The molecule has 0 unspecified atom stereocenters. The third-order valence-electron chi connectivity index (χ3n) is 4.03. The number of rotatable bonds is 5. The van der Waals surface area contributed by atoms with Crippen molar-refractivity contribution in [3.63, 3.8) is 0 Å². The Balaban J connectivity index is 1.58. The van der Waals surface area contributed by atoms with Crippen molar-refractivity contribution in [2.45, 2.75) is 33.4 Å². The van der Waals surface area contributed by atoms with Gasteiger partial charge in [0.05, 0.1) is 23.6 Å². The van der Waals surface area contributed by atoms with Gasteiger partial charge in [-0.25, -0.2) is 9.48 Å². The number of H-pyrrole nitrogens is 1. The van der Waals surface area contributed by atoms with E-state index in [9.17, 15) is 4.79 Å². The Kier molecular flexibility index (Phi) is 4.78. The number of aromatic amines is 1. The molecule has 1 atom stereocenters. The fourth-order valence-electron chi connectivity index (χ4n) is 2.51. The van der Waals surface area contributed by atoms with E-state index in [1.807, 2.05) is 57.3 Å². The second-order valence-corrected chi connectivity index (χ2v) is 5.88. The highest BCUT2D eigenvalue weighted by molar-refractivity contribution is 5.74. The molecule has 0 saturated carbocycles. The molecule has 8 nitrogen and oxygen atoms in total. The van der Waals surface area contributed by atoms with Crippen LogP contribution in [-0.4, -0.2) is 31.2 Å². The van der Waals surface area contributed by atoms with Crippen LogP contribution >= 0.6 is 0 Å². The van der Waals surface area contributed by atoms with Gasteiger partial charge in [0.1, 0.15) is 5.69 Å². The quantitative estimate of drug-likeness (QED) is 0.663. The van der Waals surface area contributed by atoms with Gasteiger partial charge in [-0.1, -0.05) is 23.4 Å². The summed E-state index contributed by atoms with van der Waals surface area (Å²) in [5, 5.41) is 21.0. The van der Waals surface area contributed by atoms with Crippen molar-refractivity contribution in [3.8, 4) is 5.69 Å². The lowest BCUT2D eigenvalue weighted by molar-refractivity contribution is 0.237. The number of benzene rings is 1. The van der Waals surface area contributed by atoms with Crippen molar-refractivity contribution in [2.75, 3.05) is 0 Å². The molecule has 3 N–H and O–H groups in total. The number of urea groups is 1. The maximum Gasteiger partial charge on any atom is 0.315 e. The fourth-order valence-corrected chi connectivity index (χ4v) is 2.51. The second-order valence-electron chi connectivity index (χ2n) is 5.88. The predicted molar refractivity (Wildman–Crippen MR) is 93.2 cm³/mol. The highest BCUT2D eigenvalue weighted by Crippen LogP contribution is 2.12. The number of aryl methyl sites for hydroxylation is 2. The lowest BCUT2D eigenvalue weighted by Crippen LogP contribution is -2.36. The maximum atomic E-state index is 12.1. The SMILES string of the molecule is Cc1n[nH]c(C)c1CNC(=O)N[C@H](C)c1cn(-c2ccccc2)nn1. The molecule has 0 spiro atoms. The van der Waals surface area contributed by atoms with E-state index in [1.165, 1.54) is 0 Å². The molecule has 2 aromatic heterocycles. The molecule has 0 fully saturated rings. The van der Waals surface area contributed by atoms with E-state index in [0.717, 1.165) is 22.6 Å². The summed E-state index contributed by atoms with van der Waals surface area (Å²) in [6.45, 7) is 6.12. The first-order chi connectivity index (χ1) is 12.0. The summed E-state index contributed by atoms with van der Waals surface area (Å²) in [6, 6.07) is 9.18. The summed E-state index contributed by atoms with van der Waals surface area (Å²) in [7, 11) is 0. The van der Waals surface area contributed by atoms with E-state index in [1.54, 1.807) is 4.68 Å². The number of aromatic nitrogens is 5. The zero-order chi connectivity index (χ0) is 17.8. The number of carbonyl (C=O) groups excluding carboxylic acids is 1. The smallest absolute Gasteiger partial charge is 0.315 e. The van der Waals surface area contributed by atoms with Gasteiger partial charge in [-0.3, -0.25) is 5.10 Å². The molecule has 0 radical (unpaired) electrons. The zero-order valence-corrected chi connectivity index (χ0v) is 14.4. The predicted octanol–water partition coefficient (Wildman–Crippen LogP) is 2.17. The average Bonchev–Trinajstić information content (AvgIpc) is 3.22. The van der Waals surface area contributed by atoms with Gasteiger partial charge in [-0.2, -0.15) is 5.10 Å². The molecule has 1 aromatic carbocycles. The monoisotopic (exact) mass is 339 g/mol. The zero-order valence-electron chi connectivity index (χ0n) is 14.4. The maximum absolute atomic E-state index is 12.1. The van der Waals surface area contributed by atoms with Crippen LogP contribution in [0.4, 0.5) is 4.79 Å². The van der Waals surface area contributed by atoms with Gasteiger partial charge in [0.15, 0.2) is 0 Å². The van der Waals surface area contributed by atoms with Crippen LogP contribution in [0.1, 0.15) is 35.6 Å². The molecule has 0 bridgehead atoms. The van der Waals surface area contributed by atoms with Crippen LogP contribution in [0.5, 0.6) is 0 Å². The van der Waals surface area contributed by atoms with E-state index >= 15 is 0 Å². The summed E-state index contributed by atoms with van der Waals surface area (Å²) in [5.74, 6) is 0. The van der Waals surface area contributed by atoms with Crippen LogP contribution in [0.2, 0.25) is 0 Å². The molecule has 25 heavy (non-hydrogen) atoms. The molecule has 2 amide bonds. The standard InChI is InChI=1S/C17H21N7O/c1-11-15(12(2)21-20-11)9-18-17(25)19-13(3)16-10-24(23-22-16)14-7-5-4-6-8-14/h4-8,10,13H,9H2,1-3H3,(H,20,21)(H2,18,19,25)/t13-/m1/s1. The average molecular weight is 339 g/mol. The lowest BCUT2D eigenvalue weighted by Gasteiger charge is -2.12. The molecule has 0 saturated heterocycles. The van der Waals surface area contributed by atoms with Crippen LogP contribution in [-0.2, 0) is 6.54 Å². The molecular formula is C17H21N7O. The van der Waals surface area contributed by atoms with E-state index in [0.29, 0.717) is 12.2 Å². The Morgan fingerprint density at radius 1 is 1.28 bits per heavy atom. The van der Waals surface area contributed by atoms with Gasteiger partial charge in [-0.05, 0) is 32.9 Å². The van der Waals surface area contributed by atoms with Crippen molar-refractivity contribution < 1.29 is 4.79 Å². The number of nitrogens with zero attached hydrogens (tertiary/aromatic N) is 4. The van der Waals surface area contributed by atoms with E-state index in [-0.39, 0.29) is 12.1 Å². The Hall–Kier alpha value is -3.16. The highest BCUT2D eigenvalue weighted by Gasteiger charge is 2.14. The first-order valence-corrected chi connectivity index (χ1v) is 8.07. The third-order valence-corrected chi connectivity index (χ3v) is 4.03. The van der Waals surface area contributed by atoms with Crippen molar-refractivity contribution in [1.82, 2.24) is 35.8 Å². The Morgan fingerprint density at radius 2 is 2.04 bits per heavy atom. The van der Waals surface area contributed by atoms with E-state index in [4.69, 9.17) is 0 Å². The fraction of sp³-hybridized carbons (Fsp3) is 0.294. The number of hydrogen-bond acceptors (Lipinski definition) is 4. The van der Waals surface area contributed by atoms with Crippen molar-refractivity contribution >= 4 is 6.03 Å². The summed E-state index contributed by atoms with van der Waals surface area (Å²) in [5.41, 5.74) is 4.45. The van der Waals surface area contributed by atoms with Gasteiger partial charge in [0, 0.05) is 17.8 Å². The number of amides is 2. The lowest BCUT2D eigenvalue weighted by atomic mass is 10.2. The topological polar surface area (TPSA) is 101 Å². The van der Waals surface area contributed by atoms with Gasteiger partial charge in [0.25, 0.3) is 0 Å². The van der Waals surface area contributed by atoms with Gasteiger partial charge in [-0.15, -0.1) is 5.10 Å². The Morgan fingerprint density at radius 3 is 2.72 bits per heavy atom. The number of hydrogen-bond donors (Lipinski definition) is 3. The minimum atomic E-state index is -0.262. The Labute approximate surface area is 145 Å². The molecule has 0 aliphatic carbocycles. The minimum absolute atomic E-state index is 0.260. The normalized spacial score (nSPS) is 12.0. The molecule has 0 aliphatic heterocycles. The summed E-state index contributed by atoms with van der Waals surface area (Å²) >= 11 is 0. The summed E-state index contributed by atoms with van der Waals surface area (Å²) in [4.78, 5) is 12.1. The van der Waals surface area contributed by atoms with E-state index in [2.05, 4.69) is 31.1 Å². The van der Waals surface area contributed by atoms with Crippen molar-refractivity contribution in [1.29, 1.82) is 0 Å². The third kappa shape index (κ3) is 3.85. The van der Waals surface area contributed by atoms with Gasteiger partial charge >= 0.3 is 6.03 Å². The molecule has 3 rings (SSSR count). The van der Waals surface area contributed by atoms with Crippen LogP contribution < -0.4 is 10.6 Å². The first-order valence-electron chi connectivity index (χ1n) is 8.07. The van der Waals surface area contributed by atoms with Crippen molar-refractivity contribution in [3.05, 3.63) is 59.2 Å². The minimum Gasteiger partial charge on any atom is -0.334 e. The highest BCUT2D eigenvalue weighted by atomic mass is 16.2. The molecule has 0 aliphatic rings. The molecule has 2 heterocycles. The van der Waals surface area contributed by atoms with Crippen LogP contribution in [0, 0.1) is 13.8 Å². The molecular weight excluding hydrogens is 318 g/mol. The van der Waals surface area contributed by atoms with Crippen LogP contribution in [0.15, 0.2) is 36.5 Å². The van der Waals surface area contributed by atoms with E-state index < -0.39 is 0 Å². The number of nitrogens with one attached hydrogen (secondary N) is 3. The number of carbonyl (C=O) groups is 1. The van der Waals surface area contributed by atoms with Crippen molar-refractivity contribution in [2.24, 2.45) is 0 Å². The molecule has 8 heteroatoms. The van der Waals surface area contributed by atoms with Crippen LogP contribution in [0.3, 0.4) is 0 Å². The molecule has 130 valence electrons. The van der Waals surface area contributed by atoms with Crippen LogP contribution in [0.25, 0.3) is 5.69 Å². The summed E-state index contributed by atoms with van der Waals surface area (Å²) in [6.07, 6.45) is 1.81. The second kappa shape index (κ2) is 7.16. The summed E-state index contributed by atoms with van der Waals surface area (Å²) < 4.78 is 1.68.